The molecule has 0 spiro atoms. The molecule has 1 aromatic rings. The van der Waals surface area contributed by atoms with Crippen molar-refractivity contribution in [2.24, 2.45) is 0 Å². The van der Waals surface area contributed by atoms with Gasteiger partial charge in [0.15, 0.2) is 0 Å². The fraction of sp³-hybridized carbons (Fsp3) is 0.667. The minimum absolute atomic E-state index is 0.716. The molecule has 0 unspecified atom stereocenters. The molecule has 0 aromatic carbocycles. The quantitative estimate of drug-likeness (QED) is 0.777. The number of unbranched alkanes of at least 4 members (excludes halogenated alkanes) is 1. The van der Waals surface area contributed by atoms with E-state index in [4.69, 9.17) is 0 Å². The highest BCUT2D eigenvalue weighted by atomic mass is 79.9. The molecule has 0 aliphatic heterocycles. The molecular formula is C12H18BrN3. The average molecular weight is 284 g/mol. The first-order chi connectivity index (χ1) is 7.70. The highest BCUT2D eigenvalue weighted by Crippen LogP contribution is 2.31. The molecule has 0 bridgehead atoms. The number of aryl methyl sites for hydroxylation is 1. The molecule has 1 aliphatic carbocycles. The van der Waals surface area contributed by atoms with Gasteiger partial charge in [-0.3, -0.25) is 0 Å². The maximum atomic E-state index is 4.53. The van der Waals surface area contributed by atoms with Gasteiger partial charge < -0.3 is 4.90 Å². The van der Waals surface area contributed by atoms with Crippen molar-refractivity contribution in [3.63, 3.8) is 0 Å². The van der Waals surface area contributed by atoms with Crippen LogP contribution in [-0.2, 0) is 0 Å². The molecule has 0 saturated heterocycles. The largest absolute Gasteiger partial charge is 0.353 e. The van der Waals surface area contributed by atoms with Crippen molar-refractivity contribution >= 4 is 21.7 Å². The molecule has 0 radical (unpaired) electrons. The van der Waals surface area contributed by atoms with E-state index in [0.29, 0.717) is 6.04 Å². The third-order valence-corrected chi connectivity index (χ3v) is 3.23. The third-order valence-electron chi connectivity index (χ3n) is 2.83. The molecular weight excluding hydrogens is 266 g/mol. The predicted molar refractivity (Wildman–Crippen MR) is 69.7 cm³/mol. The van der Waals surface area contributed by atoms with Crippen LogP contribution in [0.5, 0.6) is 0 Å². The molecule has 3 nitrogen and oxygen atoms in total. The van der Waals surface area contributed by atoms with Crippen molar-refractivity contribution in [2.75, 3.05) is 11.4 Å². The molecule has 4 heteroatoms. The van der Waals surface area contributed by atoms with Gasteiger partial charge in [-0.05, 0) is 42.1 Å². The summed E-state index contributed by atoms with van der Waals surface area (Å²) < 4.78 is 0.886. The van der Waals surface area contributed by atoms with Crippen LogP contribution in [0.3, 0.4) is 0 Å². The number of halogens is 1. The summed E-state index contributed by atoms with van der Waals surface area (Å²) in [5.74, 6) is 1.92. The van der Waals surface area contributed by atoms with Crippen LogP contribution in [0.25, 0.3) is 0 Å². The zero-order chi connectivity index (χ0) is 11.5. The molecule has 0 N–H and O–H groups in total. The van der Waals surface area contributed by atoms with Crippen molar-refractivity contribution in [3.8, 4) is 0 Å². The number of aromatic nitrogens is 2. The Balaban J connectivity index is 2.16. The van der Waals surface area contributed by atoms with Gasteiger partial charge >= 0.3 is 0 Å². The molecule has 0 atom stereocenters. The van der Waals surface area contributed by atoms with Gasteiger partial charge in [0, 0.05) is 18.7 Å². The lowest BCUT2D eigenvalue weighted by Gasteiger charge is -2.23. The van der Waals surface area contributed by atoms with Crippen LogP contribution in [0.15, 0.2) is 10.7 Å². The lowest BCUT2D eigenvalue weighted by Crippen LogP contribution is -2.28. The van der Waals surface area contributed by atoms with Gasteiger partial charge in [0.1, 0.15) is 16.2 Å². The Bertz CT molecular complexity index is 343. The first-order valence-corrected chi connectivity index (χ1v) is 6.78. The van der Waals surface area contributed by atoms with Crippen LogP contribution in [0.4, 0.5) is 5.82 Å². The van der Waals surface area contributed by atoms with Gasteiger partial charge in [0.2, 0.25) is 0 Å². The van der Waals surface area contributed by atoms with E-state index in [9.17, 15) is 0 Å². The Morgan fingerprint density at radius 1 is 1.44 bits per heavy atom. The van der Waals surface area contributed by atoms with Gasteiger partial charge in [0.05, 0.1) is 0 Å². The van der Waals surface area contributed by atoms with Gasteiger partial charge in [-0.25, -0.2) is 9.97 Å². The number of rotatable bonds is 5. The molecule has 16 heavy (non-hydrogen) atoms. The highest BCUT2D eigenvalue weighted by molar-refractivity contribution is 9.10. The SMILES string of the molecule is CCCCN(c1cc(Br)nc(C)n1)C1CC1. The van der Waals surface area contributed by atoms with E-state index in [1.54, 1.807) is 0 Å². The number of hydrogen-bond acceptors (Lipinski definition) is 3. The van der Waals surface area contributed by atoms with Crippen molar-refractivity contribution in [3.05, 3.63) is 16.5 Å². The van der Waals surface area contributed by atoms with Gasteiger partial charge in [-0.15, -0.1) is 0 Å². The monoisotopic (exact) mass is 283 g/mol. The zero-order valence-electron chi connectivity index (χ0n) is 9.91. The maximum Gasteiger partial charge on any atom is 0.133 e. The fourth-order valence-corrected chi connectivity index (χ4v) is 2.32. The van der Waals surface area contributed by atoms with E-state index in [-0.39, 0.29) is 0 Å². The van der Waals surface area contributed by atoms with Crippen LogP contribution >= 0.6 is 15.9 Å². The second-order valence-electron chi connectivity index (χ2n) is 4.37. The summed E-state index contributed by atoms with van der Waals surface area (Å²) in [6.45, 7) is 5.29. The van der Waals surface area contributed by atoms with Crippen LogP contribution in [-0.4, -0.2) is 22.6 Å². The lowest BCUT2D eigenvalue weighted by molar-refractivity contribution is 0.701. The Hall–Kier alpha value is -0.640. The summed E-state index contributed by atoms with van der Waals surface area (Å²) in [5, 5.41) is 0. The zero-order valence-corrected chi connectivity index (χ0v) is 11.5. The third kappa shape index (κ3) is 2.94. The van der Waals surface area contributed by atoms with E-state index in [0.717, 1.165) is 22.8 Å². The number of hydrogen-bond donors (Lipinski definition) is 0. The van der Waals surface area contributed by atoms with Crippen LogP contribution in [0, 0.1) is 6.92 Å². The van der Waals surface area contributed by atoms with E-state index in [1.807, 2.05) is 13.0 Å². The predicted octanol–water partition coefficient (Wildman–Crippen LogP) is 3.32. The van der Waals surface area contributed by atoms with Crippen LogP contribution < -0.4 is 4.90 Å². The lowest BCUT2D eigenvalue weighted by atomic mass is 10.3. The van der Waals surface area contributed by atoms with E-state index >= 15 is 0 Å². The van der Waals surface area contributed by atoms with Crippen molar-refractivity contribution in [2.45, 2.75) is 45.6 Å². The average Bonchev–Trinajstić information content (AvgIpc) is 3.01. The van der Waals surface area contributed by atoms with Gasteiger partial charge in [0.25, 0.3) is 0 Å². The Morgan fingerprint density at radius 2 is 2.19 bits per heavy atom. The molecule has 1 fully saturated rings. The second-order valence-corrected chi connectivity index (χ2v) is 5.19. The number of nitrogens with zero attached hydrogens (tertiary/aromatic N) is 3. The summed E-state index contributed by atoms with van der Waals surface area (Å²) in [6, 6.07) is 2.74. The minimum Gasteiger partial charge on any atom is -0.353 e. The fourth-order valence-electron chi connectivity index (χ4n) is 1.86. The Labute approximate surface area is 105 Å². The number of anilines is 1. The van der Waals surface area contributed by atoms with Crippen molar-refractivity contribution in [1.29, 1.82) is 0 Å². The van der Waals surface area contributed by atoms with Crippen molar-refractivity contribution < 1.29 is 0 Å². The molecule has 1 aromatic heterocycles. The summed E-state index contributed by atoms with van der Waals surface area (Å²) in [7, 11) is 0. The summed E-state index contributed by atoms with van der Waals surface area (Å²) >= 11 is 3.44. The van der Waals surface area contributed by atoms with Crippen molar-refractivity contribution in [1.82, 2.24) is 9.97 Å². The van der Waals surface area contributed by atoms with Crippen LogP contribution in [0.2, 0.25) is 0 Å². The summed E-state index contributed by atoms with van der Waals surface area (Å²) in [4.78, 5) is 11.2. The molecule has 88 valence electrons. The Morgan fingerprint density at radius 3 is 2.75 bits per heavy atom. The molecule has 2 rings (SSSR count). The van der Waals surface area contributed by atoms with Gasteiger partial charge in [-0.1, -0.05) is 13.3 Å². The normalized spacial score (nSPS) is 15.2. The topological polar surface area (TPSA) is 29.0 Å². The summed E-state index contributed by atoms with van der Waals surface area (Å²) in [6.07, 6.45) is 5.08. The minimum atomic E-state index is 0.716. The first-order valence-electron chi connectivity index (χ1n) is 5.98. The van der Waals surface area contributed by atoms with E-state index < -0.39 is 0 Å². The molecule has 1 aliphatic rings. The summed E-state index contributed by atoms with van der Waals surface area (Å²) in [5.41, 5.74) is 0. The molecule has 1 saturated carbocycles. The highest BCUT2D eigenvalue weighted by Gasteiger charge is 2.29. The maximum absolute atomic E-state index is 4.53. The molecule has 0 amide bonds. The standard InChI is InChI=1S/C12H18BrN3/c1-3-4-7-16(10-5-6-10)12-8-11(13)14-9(2)15-12/h8,10H,3-7H2,1-2H3. The van der Waals surface area contributed by atoms with Gasteiger partial charge in [-0.2, -0.15) is 0 Å². The van der Waals surface area contributed by atoms with E-state index in [2.05, 4.69) is 37.7 Å². The molecule has 1 heterocycles. The Kier molecular flexibility index (Phi) is 3.79. The second kappa shape index (κ2) is 5.13. The van der Waals surface area contributed by atoms with Crippen LogP contribution in [0.1, 0.15) is 38.4 Å². The smallest absolute Gasteiger partial charge is 0.133 e. The first kappa shape index (κ1) is 11.8. The van der Waals surface area contributed by atoms with E-state index in [1.165, 1.54) is 25.7 Å².